The summed E-state index contributed by atoms with van der Waals surface area (Å²) in [6, 6.07) is 2.98. The highest BCUT2D eigenvalue weighted by Gasteiger charge is 2.35. The van der Waals surface area contributed by atoms with Gasteiger partial charge >= 0.3 is 6.09 Å². The summed E-state index contributed by atoms with van der Waals surface area (Å²) in [7, 11) is 0. The van der Waals surface area contributed by atoms with Gasteiger partial charge in [-0.05, 0) is 39.8 Å². The average Bonchev–Trinajstić information content (AvgIpc) is 2.40. The lowest BCUT2D eigenvalue weighted by Crippen LogP contribution is -2.60. The van der Waals surface area contributed by atoms with E-state index in [2.05, 4.69) is 10.3 Å². The van der Waals surface area contributed by atoms with Gasteiger partial charge in [-0.25, -0.2) is 4.79 Å². The topological polar surface area (TPSA) is 80.8 Å². The minimum Gasteiger partial charge on any atom is -0.485 e. The van der Waals surface area contributed by atoms with Crippen molar-refractivity contribution < 1.29 is 19.1 Å². The first kappa shape index (κ1) is 17.1. The van der Waals surface area contributed by atoms with Crippen LogP contribution >= 0.6 is 0 Å². The standard InChI is InChI=1S/C16H23N3O4/c1-11(18-15(21)23-16(2,3)4)14(20)19-9-13(10-19)22-12-6-5-7-17-8-12/h5-8,11,13H,9-10H2,1-4H3,(H,18,21)/t11-/m0/s1. The van der Waals surface area contributed by atoms with Crippen molar-refractivity contribution in [2.75, 3.05) is 13.1 Å². The van der Waals surface area contributed by atoms with E-state index in [9.17, 15) is 9.59 Å². The Kier molecular flexibility index (Phi) is 5.08. The molecule has 0 spiro atoms. The number of nitrogens with one attached hydrogen (secondary N) is 1. The second-order valence-electron chi connectivity index (χ2n) is 6.54. The first-order valence-corrected chi connectivity index (χ1v) is 7.59. The molecule has 2 rings (SSSR count). The number of carbonyl (C=O) groups excluding carboxylic acids is 2. The lowest BCUT2D eigenvalue weighted by Gasteiger charge is -2.40. The number of aromatic nitrogens is 1. The number of ether oxygens (including phenoxy) is 2. The van der Waals surface area contributed by atoms with E-state index < -0.39 is 17.7 Å². The fourth-order valence-electron chi connectivity index (χ4n) is 2.12. The molecule has 1 aromatic heterocycles. The molecule has 0 bridgehead atoms. The summed E-state index contributed by atoms with van der Waals surface area (Å²) in [5.74, 6) is 0.534. The minimum atomic E-state index is -0.635. The van der Waals surface area contributed by atoms with Gasteiger partial charge in [0.05, 0.1) is 19.3 Å². The molecule has 2 amide bonds. The summed E-state index contributed by atoms with van der Waals surface area (Å²) >= 11 is 0. The molecule has 1 fully saturated rings. The van der Waals surface area contributed by atoms with Crippen LogP contribution in [0, 0.1) is 0 Å². The van der Waals surface area contributed by atoms with Crippen molar-refractivity contribution in [3.63, 3.8) is 0 Å². The van der Waals surface area contributed by atoms with Crippen LogP contribution in [0.25, 0.3) is 0 Å². The van der Waals surface area contributed by atoms with E-state index in [1.165, 1.54) is 0 Å². The highest BCUT2D eigenvalue weighted by molar-refractivity contribution is 5.86. The van der Waals surface area contributed by atoms with Crippen LogP contribution in [0.15, 0.2) is 24.5 Å². The minimum absolute atomic E-state index is 0.0446. The molecule has 0 saturated carbocycles. The Morgan fingerprint density at radius 3 is 2.65 bits per heavy atom. The van der Waals surface area contributed by atoms with Gasteiger partial charge in [-0.3, -0.25) is 9.78 Å². The van der Waals surface area contributed by atoms with Crippen molar-refractivity contribution in [1.82, 2.24) is 15.2 Å². The Balaban J connectivity index is 1.74. The summed E-state index contributed by atoms with van der Waals surface area (Å²) in [5, 5.41) is 2.55. The predicted molar refractivity (Wildman–Crippen MR) is 84.1 cm³/mol. The van der Waals surface area contributed by atoms with E-state index >= 15 is 0 Å². The third-order valence-corrected chi connectivity index (χ3v) is 3.20. The summed E-state index contributed by atoms with van der Waals surface area (Å²) in [4.78, 5) is 29.5. The summed E-state index contributed by atoms with van der Waals surface area (Å²) < 4.78 is 10.8. The molecule has 1 aliphatic heterocycles. The number of amides is 2. The Labute approximate surface area is 136 Å². The normalized spacial score (nSPS) is 16.3. The molecular weight excluding hydrogens is 298 g/mol. The zero-order chi connectivity index (χ0) is 17.0. The van der Waals surface area contributed by atoms with Crippen molar-refractivity contribution in [2.24, 2.45) is 0 Å². The molecule has 0 aliphatic carbocycles. The molecule has 1 N–H and O–H groups in total. The molecule has 0 radical (unpaired) electrons. The first-order chi connectivity index (χ1) is 10.7. The number of likely N-dealkylation sites (tertiary alicyclic amines) is 1. The molecule has 0 aromatic carbocycles. The van der Waals surface area contributed by atoms with Gasteiger partial charge in [0.25, 0.3) is 0 Å². The van der Waals surface area contributed by atoms with Gasteiger partial charge in [0, 0.05) is 6.20 Å². The summed E-state index contributed by atoms with van der Waals surface area (Å²) in [5.41, 5.74) is -0.591. The molecule has 7 heteroatoms. The fourth-order valence-corrected chi connectivity index (χ4v) is 2.12. The number of hydrogen-bond acceptors (Lipinski definition) is 5. The third-order valence-electron chi connectivity index (χ3n) is 3.20. The molecule has 1 aliphatic rings. The Morgan fingerprint density at radius 2 is 2.09 bits per heavy atom. The van der Waals surface area contributed by atoms with E-state index in [0.717, 1.165) is 0 Å². The number of carbonyl (C=O) groups is 2. The first-order valence-electron chi connectivity index (χ1n) is 7.59. The SMILES string of the molecule is C[C@H](NC(=O)OC(C)(C)C)C(=O)N1CC(Oc2cccnc2)C1. The van der Waals surface area contributed by atoms with Gasteiger partial charge in [0.1, 0.15) is 23.5 Å². The van der Waals surface area contributed by atoms with E-state index in [4.69, 9.17) is 9.47 Å². The van der Waals surface area contributed by atoms with Gasteiger partial charge in [0.15, 0.2) is 0 Å². The van der Waals surface area contributed by atoms with Crippen LogP contribution in [0.4, 0.5) is 4.79 Å². The predicted octanol–water partition coefficient (Wildman–Crippen LogP) is 1.58. The molecule has 1 atom stereocenters. The summed E-state index contributed by atoms with van der Waals surface area (Å²) in [6.45, 7) is 7.95. The van der Waals surface area contributed by atoms with Gasteiger partial charge < -0.3 is 19.7 Å². The number of pyridine rings is 1. The van der Waals surface area contributed by atoms with E-state index in [1.807, 2.05) is 6.07 Å². The van der Waals surface area contributed by atoms with Crippen LogP contribution in [0.1, 0.15) is 27.7 Å². The monoisotopic (exact) mass is 321 g/mol. The van der Waals surface area contributed by atoms with E-state index in [0.29, 0.717) is 18.8 Å². The quantitative estimate of drug-likeness (QED) is 0.911. The zero-order valence-corrected chi connectivity index (χ0v) is 13.9. The van der Waals surface area contributed by atoms with Crippen LogP contribution < -0.4 is 10.1 Å². The van der Waals surface area contributed by atoms with Crippen molar-refractivity contribution in [3.8, 4) is 5.75 Å². The number of nitrogens with zero attached hydrogens (tertiary/aromatic N) is 2. The van der Waals surface area contributed by atoms with Crippen molar-refractivity contribution in [3.05, 3.63) is 24.5 Å². The molecule has 1 saturated heterocycles. The van der Waals surface area contributed by atoms with Crippen molar-refractivity contribution >= 4 is 12.0 Å². The van der Waals surface area contributed by atoms with E-state index in [1.54, 1.807) is 51.1 Å². The molecular formula is C16H23N3O4. The highest BCUT2D eigenvalue weighted by Crippen LogP contribution is 2.17. The van der Waals surface area contributed by atoms with Crippen LogP contribution in [-0.2, 0) is 9.53 Å². The molecule has 23 heavy (non-hydrogen) atoms. The Morgan fingerprint density at radius 1 is 1.39 bits per heavy atom. The zero-order valence-electron chi connectivity index (χ0n) is 13.9. The van der Waals surface area contributed by atoms with Crippen LogP contribution in [-0.4, -0.2) is 52.7 Å². The largest absolute Gasteiger partial charge is 0.485 e. The van der Waals surface area contributed by atoms with Crippen LogP contribution in [0.5, 0.6) is 5.75 Å². The van der Waals surface area contributed by atoms with Gasteiger partial charge in [-0.15, -0.1) is 0 Å². The Bertz CT molecular complexity index is 550. The Hall–Kier alpha value is -2.31. The van der Waals surface area contributed by atoms with Crippen LogP contribution in [0.3, 0.4) is 0 Å². The maximum absolute atomic E-state index is 12.2. The number of hydrogen-bond donors (Lipinski definition) is 1. The fraction of sp³-hybridized carbons (Fsp3) is 0.562. The van der Waals surface area contributed by atoms with Gasteiger partial charge in [0.2, 0.25) is 5.91 Å². The maximum atomic E-state index is 12.2. The second kappa shape index (κ2) is 6.85. The molecule has 0 unspecified atom stereocenters. The average molecular weight is 321 g/mol. The maximum Gasteiger partial charge on any atom is 0.408 e. The third kappa shape index (κ3) is 5.12. The van der Waals surface area contributed by atoms with Gasteiger partial charge in [-0.1, -0.05) is 0 Å². The van der Waals surface area contributed by atoms with Crippen LogP contribution in [0.2, 0.25) is 0 Å². The molecule has 7 nitrogen and oxygen atoms in total. The summed E-state index contributed by atoms with van der Waals surface area (Å²) in [6.07, 6.45) is 2.67. The lowest BCUT2D eigenvalue weighted by atomic mass is 10.1. The van der Waals surface area contributed by atoms with Gasteiger partial charge in [-0.2, -0.15) is 0 Å². The number of rotatable bonds is 4. The van der Waals surface area contributed by atoms with Crippen molar-refractivity contribution in [1.29, 1.82) is 0 Å². The highest BCUT2D eigenvalue weighted by atomic mass is 16.6. The molecule has 1 aromatic rings. The smallest absolute Gasteiger partial charge is 0.408 e. The molecule has 126 valence electrons. The van der Waals surface area contributed by atoms with E-state index in [-0.39, 0.29) is 12.0 Å². The molecule has 2 heterocycles. The number of alkyl carbamates (subject to hydrolysis) is 1. The second-order valence-corrected chi connectivity index (χ2v) is 6.54. The lowest BCUT2D eigenvalue weighted by molar-refractivity contribution is -0.141. The van der Waals surface area contributed by atoms with Crippen molar-refractivity contribution in [2.45, 2.75) is 45.4 Å².